The van der Waals surface area contributed by atoms with Gasteiger partial charge in [-0.05, 0) is 42.9 Å². The summed E-state index contributed by atoms with van der Waals surface area (Å²) in [5, 5.41) is 8.63. The molecule has 1 fully saturated rings. The third-order valence-corrected chi connectivity index (χ3v) is 5.04. The second-order valence-electron chi connectivity index (χ2n) is 6.97. The first-order chi connectivity index (χ1) is 12.5. The van der Waals surface area contributed by atoms with Gasteiger partial charge < -0.3 is 10.8 Å². The molecular weight excluding hydrogens is 330 g/mol. The summed E-state index contributed by atoms with van der Waals surface area (Å²) in [6.07, 6.45) is 10.3. The fraction of sp³-hybridized carbons (Fsp3) is 0.476. The molecule has 0 spiro atoms. The van der Waals surface area contributed by atoms with Gasteiger partial charge in [-0.25, -0.2) is 0 Å². The van der Waals surface area contributed by atoms with Crippen molar-refractivity contribution in [3.8, 4) is 0 Å². The van der Waals surface area contributed by atoms with Crippen LogP contribution in [0.15, 0.2) is 30.3 Å². The maximum absolute atomic E-state index is 12.2. The highest BCUT2D eigenvalue weighted by atomic mass is 16.4. The van der Waals surface area contributed by atoms with Crippen LogP contribution in [0.2, 0.25) is 0 Å². The fourth-order valence-electron chi connectivity index (χ4n) is 3.53. The predicted octanol–water partition coefficient (Wildman–Crippen LogP) is 3.82. The molecule has 1 aliphatic carbocycles. The molecule has 5 heteroatoms. The first kappa shape index (κ1) is 19.9. The van der Waals surface area contributed by atoms with Gasteiger partial charge in [-0.15, -0.1) is 0 Å². The molecule has 140 valence electrons. The average Bonchev–Trinajstić information content (AvgIpc) is 2.96. The van der Waals surface area contributed by atoms with Crippen LogP contribution in [0.5, 0.6) is 0 Å². The number of amides is 1. The van der Waals surface area contributed by atoms with Crippen LogP contribution >= 0.6 is 0 Å². The Hall–Kier alpha value is -2.43. The van der Waals surface area contributed by atoms with E-state index in [-0.39, 0.29) is 18.3 Å². The summed E-state index contributed by atoms with van der Waals surface area (Å²) in [5.74, 6) is -0.502. The Morgan fingerprint density at radius 2 is 1.81 bits per heavy atom. The molecule has 0 saturated heterocycles. The number of carbonyl (C=O) groups excluding carboxylic acids is 2. The Balaban J connectivity index is 1.82. The van der Waals surface area contributed by atoms with Gasteiger partial charge in [0.1, 0.15) is 5.78 Å². The number of aliphatic carboxylic acids is 1. The minimum atomic E-state index is -0.745. The molecule has 1 aromatic rings. The van der Waals surface area contributed by atoms with Gasteiger partial charge in [0.2, 0.25) is 5.91 Å². The topological polar surface area (TPSA) is 97.5 Å². The van der Waals surface area contributed by atoms with Crippen LogP contribution in [0.3, 0.4) is 0 Å². The van der Waals surface area contributed by atoms with Crippen LogP contribution in [-0.2, 0) is 9.59 Å². The summed E-state index contributed by atoms with van der Waals surface area (Å²) >= 11 is 0. The molecule has 0 bridgehead atoms. The average molecular weight is 357 g/mol. The van der Waals surface area contributed by atoms with E-state index in [0.29, 0.717) is 24.2 Å². The third kappa shape index (κ3) is 6.14. The van der Waals surface area contributed by atoms with Gasteiger partial charge in [0, 0.05) is 24.3 Å². The first-order valence-corrected chi connectivity index (χ1v) is 9.30. The predicted molar refractivity (Wildman–Crippen MR) is 101 cm³/mol. The molecular formula is C21H27NO4. The minimum absolute atomic E-state index is 0.0793. The number of carboxylic acids is 1. The van der Waals surface area contributed by atoms with Gasteiger partial charge in [-0.2, -0.15) is 0 Å². The van der Waals surface area contributed by atoms with Crippen molar-refractivity contribution in [3.63, 3.8) is 0 Å². The molecule has 1 saturated carbocycles. The van der Waals surface area contributed by atoms with Gasteiger partial charge in [0.25, 0.3) is 0 Å². The van der Waals surface area contributed by atoms with E-state index < -0.39 is 11.9 Å². The molecule has 1 aromatic carbocycles. The molecule has 3 N–H and O–H groups in total. The molecule has 1 aliphatic rings. The van der Waals surface area contributed by atoms with Crippen molar-refractivity contribution in [3.05, 3.63) is 41.5 Å². The van der Waals surface area contributed by atoms with E-state index in [1.807, 2.05) is 18.2 Å². The van der Waals surface area contributed by atoms with E-state index in [1.165, 1.54) is 0 Å². The molecule has 2 rings (SSSR count). The number of carbonyl (C=O) groups is 3. The number of primary amides is 1. The van der Waals surface area contributed by atoms with Crippen molar-refractivity contribution < 1.29 is 19.5 Å². The number of hydrogen-bond acceptors (Lipinski definition) is 3. The molecule has 0 aromatic heterocycles. The van der Waals surface area contributed by atoms with Crippen molar-refractivity contribution in [2.24, 2.45) is 17.6 Å². The summed E-state index contributed by atoms with van der Waals surface area (Å²) in [5.41, 5.74) is 6.71. The van der Waals surface area contributed by atoms with Gasteiger partial charge in [0.15, 0.2) is 0 Å². The summed E-state index contributed by atoms with van der Waals surface area (Å²) in [6, 6.07) is 7.11. The van der Waals surface area contributed by atoms with E-state index in [1.54, 1.807) is 12.1 Å². The number of unbranched alkanes of at least 4 members (excludes halogenated alkanes) is 3. The lowest BCUT2D eigenvalue weighted by Gasteiger charge is -2.14. The van der Waals surface area contributed by atoms with Crippen molar-refractivity contribution in [2.45, 2.75) is 51.4 Å². The number of benzene rings is 1. The molecule has 26 heavy (non-hydrogen) atoms. The highest BCUT2D eigenvalue weighted by Crippen LogP contribution is 2.34. The maximum atomic E-state index is 12.2. The number of Topliss-reactive ketones (excluding diaryl/α,β-unsaturated/α-hetero) is 1. The molecule has 5 nitrogen and oxygen atoms in total. The lowest BCUT2D eigenvalue weighted by molar-refractivity contribution is -0.137. The Morgan fingerprint density at radius 3 is 2.46 bits per heavy atom. The SMILES string of the molecule is NC(=O)c1ccc(C=C[C@@H]2CCC(=O)[C@H]2CCCCCCC(=O)O)cc1. The summed E-state index contributed by atoms with van der Waals surface area (Å²) in [7, 11) is 0. The summed E-state index contributed by atoms with van der Waals surface area (Å²) in [6.45, 7) is 0. The third-order valence-electron chi connectivity index (χ3n) is 5.04. The normalized spacial score (nSPS) is 19.9. The highest BCUT2D eigenvalue weighted by Gasteiger charge is 2.32. The number of ketones is 1. The number of carboxylic acid groups (broad SMARTS) is 1. The number of hydrogen-bond donors (Lipinski definition) is 2. The zero-order valence-electron chi connectivity index (χ0n) is 15.0. The molecule has 0 radical (unpaired) electrons. The Labute approximate surface area is 154 Å². The number of allylic oxidation sites excluding steroid dienone is 1. The van der Waals surface area contributed by atoms with Crippen molar-refractivity contribution in [1.82, 2.24) is 0 Å². The smallest absolute Gasteiger partial charge is 0.303 e. The van der Waals surface area contributed by atoms with E-state index in [9.17, 15) is 14.4 Å². The second kappa shape index (κ2) is 9.90. The second-order valence-corrected chi connectivity index (χ2v) is 6.97. The van der Waals surface area contributed by atoms with Crippen LogP contribution < -0.4 is 5.73 Å². The first-order valence-electron chi connectivity index (χ1n) is 9.30. The summed E-state index contributed by atoms with van der Waals surface area (Å²) < 4.78 is 0. The van der Waals surface area contributed by atoms with Crippen LogP contribution in [0, 0.1) is 11.8 Å². The maximum Gasteiger partial charge on any atom is 0.303 e. The zero-order valence-corrected chi connectivity index (χ0v) is 15.0. The van der Waals surface area contributed by atoms with E-state index >= 15 is 0 Å². The van der Waals surface area contributed by atoms with Crippen LogP contribution in [0.25, 0.3) is 6.08 Å². The molecule has 1 amide bonds. The highest BCUT2D eigenvalue weighted by molar-refractivity contribution is 5.92. The van der Waals surface area contributed by atoms with Gasteiger partial charge in [-0.1, -0.05) is 43.5 Å². The molecule has 0 unspecified atom stereocenters. The van der Waals surface area contributed by atoms with Crippen molar-refractivity contribution in [2.75, 3.05) is 0 Å². The minimum Gasteiger partial charge on any atom is -0.481 e. The van der Waals surface area contributed by atoms with Crippen LogP contribution in [0.4, 0.5) is 0 Å². The van der Waals surface area contributed by atoms with Crippen molar-refractivity contribution >= 4 is 23.7 Å². The largest absolute Gasteiger partial charge is 0.481 e. The van der Waals surface area contributed by atoms with Crippen molar-refractivity contribution in [1.29, 1.82) is 0 Å². The standard InChI is InChI=1S/C21H27NO4/c22-21(26)17-11-8-15(9-12-17)7-10-16-13-14-19(23)18(16)5-3-1-2-4-6-20(24)25/h7-12,16,18H,1-6,13-14H2,(H2,22,26)(H,24,25)/t16-,18+/m1/s1. The zero-order chi connectivity index (χ0) is 18.9. The number of nitrogens with two attached hydrogens (primary N) is 1. The lowest BCUT2D eigenvalue weighted by atomic mass is 9.89. The van der Waals surface area contributed by atoms with Crippen LogP contribution in [-0.4, -0.2) is 22.8 Å². The van der Waals surface area contributed by atoms with E-state index in [0.717, 1.165) is 37.7 Å². The Bertz CT molecular complexity index is 663. The Morgan fingerprint density at radius 1 is 1.12 bits per heavy atom. The van der Waals surface area contributed by atoms with E-state index in [4.69, 9.17) is 10.8 Å². The van der Waals surface area contributed by atoms with E-state index in [2.05, 4.69) is 6.08 Å². The van der Waals surface area contributed by atoms with Gasteiger partial charge in [0.05, 0.1) is 0 Å². The fourth-order valence-corrected chi connectivity index (χ4v) is 3.53. The van der Waals surface area contributed by atoms with Gasteiger partial charge in [-0.3, -0.25) is 14.4 Å². The summed E-state index contributed by atoms with van der Waals surface area (Å²) in [4.78, 5) is 33.8. The molecule has 2 atom stereocenters. The van der Waals surface area contributed by atoms with Gasteiger partial charge >= 0.3 is 5.97 Å². The quantitative estimate of drug-likeness (QED) is 0.622. The molecule has 0 heterocycles. The monoisotopic (exact) mass is 357 g/mol. The Kier molecular flexibility index (Phi) is 7.57. The lowest BCUT2D eigenvalue weighted by Crippen LogP contribution is -2.13. The molecule has 0 aliphatic heterocycles. The number of rotatable bonds is 10. The van der Waals surface area contributed by atoms with Crippen LogP contribution in [0.1, 0.15) is 67.3 Å².